The van der Waals surface area contributed by atoms with Crippen LogP contribution in [-0.2, 0) is 20.9 Å². The van der Waals surface area contributed by atoms with E-state index in [1.165, 1.54) is 6.92 Å². The number of halogens is 1. The van der Waals surface area contributed by atoms with Crippen LogP contribution in [0.3, 0.4) is 0 Å². The van der Waals surface area contributed by atoms with Gasteiger partial charge in [-0.1, -0.05) is 30.3 Å². The molecule has 8 heteroatoms. The lowest BCUT2D eigenvalue weighted by molar-refractivity contribution is -0.137. The van der Waals surface area contributed by atoms with Crippen molar-refractivity contribution < 1.29 is 14.4 Å². The van der Waals surface area contributed by atoms with Gasteiger partial charge in [-0.3, -0.25) is 14.4 Å². The van der Waals surface area contributed by atoms with Crippen molar-refractivity contribution in [3.63, 3.8) is 0 Å². The summed E-state index contributed by atoms with van der Waals surface area (Å²) in [5.74, 6) is -0.0796. The third-order valence-corrected chi connectivity index (χ3v) is 5.11. The lowest BCUT2D eigenvalue weighted by Crippen LogP contribution is -2.50. The van der Waals surface area contributed by atoms with Crippen LogP contribution in [0.25, 0.3) is 0 Å². The van der Waals surface area contributed by atoms with Crippen molar-refractivity contribution in [2.45, 2.75) is 51.6 Å². The van der Waals surface area contributed by atoms with Gasteiger partial charge < -0.3 is 20.9 Å². The Bertz CT molecular complexity index is 657. The summed E-state index contributed by atoms with van der Waals surface area (Å²) in [6.07, 6.45) is 3.50. The van der Waals surface area contributed by atoms with Gasteiger partial charge in [-0.15, -0.1) is 12.4 Å². The Hall–Kier alpha value is -2.12. The zero-order valence-electron chi connectivity index (χ0n) is 17.1. The van der Waals surface area contributed by atoms with Crippen LogP contribution in [0.1, 0.15) is 44.6 Å². The van der Waals surface area contributed by atoms with Crippen LogP contribution in [0.5, 0.6) is 0 Å². The summed E-state index contributed by atoms with van der Waals surface area (Å²) >= 11 is 0. The Labute approximate surface area is 179 Å². The minimum Gasteiger partial charge on any atom is -0.354 e. The van der Waals surface area contributed by atoms with Gasteiger partial charge in [0, 0.05) is 58.5 Å². The number of nitrogens with two attached hydrogens (primary N) is 1. The fraction of sp³-hybridized carbons (Fsp3) is 0.571. The molecule has 1 aliphatic heterocycles. The molecule has 1 aromatic carbocycles. The standard InChI is InChI=1S/C21H32N4O3.ClH/c1-17(26)24(16-18-7-3-2-4-8-18)14-11-21(28)25-13-6-5-9-19(25)15-23-20(27)10-12-22;/h2-4,7-8,19H,5-6,9-16,22H2,1H3,(H,23,27);1H. The fourth-order valence-electron chi connectivity index (χ4n) is 3.52. The van der Waals surface area contributed by atoms with Gasteiger partial charge in [0.2, 0.25) is 17.7 Å². The maximum absolute atomic E-state index is 12.8. The van der Waals surface area contributed by atoms with E-state index in [-0.39, 0.29) is 36.2 Å². The van der Waals surface area contributed by atoms with E-state index in [4.69, 9.17) is 5.73 Å². The lowest BCUT2D eigenvalue weighted by atomic mass is 10.0. The number of carbonyl (C=O) groups is 3. The summed E-state index contributed by atoms with van der Waals surface area (Å²) in [5, 5.41) is 2.88. The molecule has 0 aromatic heterocycles. The lowest BCUT2D eigenvalue weighted by Gasteiger charge is -2.36. The molecule has 7 nitrogen and oxygen atoms in total. The van der Waals surface area contributed by atoms with E-state index >= 15 is 0 Å². The molecular formula is C21H33ClN4O3. The van der Waals surface area contributed by atoms with Crippen LogP contribution in [0.4, 0.5) is 0 Å². The van der Waals surface area contributed by atoms with E-state index in [9.17, 15) is 14.4 Å². The van der Waals surface area contributed by atoms with Crippen LogP contribution >= 0.6 is 12.4 Å². The third-order valence-electron chi connectivity index (χ3n) is 5.11. The highest BCUT2D eigenvalue weighted by molar-refractivity contribution is 5.85. The van der Waals surface area contributed by atoms with E-state index < -0.39 is 0 Å². The number of carbonyl (C=O) groups excluding carboxylic acids is 3. The van der Waals surface area contributed by atoms with E-state index in [0.29, 0.717) is 45.6 Å². The number of benzene rings is 1. The van der Waals surface area contributed by atoms with Crippen LogP contribution in [0.15, 0.2) is 30.3 Å². The number of nitrogens with one attached hydrogen (secondary N) is 1. The molecule has 1 saturated heterocycles. The van der Waals surface area contributed by atoms with Gasteiger partial charge in [0.15, 0.2) is 0 Å². The zero-order chi connectivity index (χ0) is 20.4. The predicted molar refractivity (Wildman–Crippen MR) is 115 cm³/mol. The highest BCUT2D eigenvalue weighted by Crippen LogP contribution is 2.18. The Balaban J connectivity index is 0.00000420. The van der Waals surface area contributed by atoms with E-state index in [2.05, 4.69) is 5.32 Å². The van der Waals surface area contributed by atoms with Crippen LogP contribution < -0.4 is 11.1 Å². The first-order valence-electron chi connectivity index (χ1n) is 10.1. The maximum atomic E-state index is 12.8. The summed E-state index contributed by atoms with van der Waals surface area (Å²) < 4.78 is 0. The molecule has 1 aromatic rings. The minimum atomic E-state index is -0.0777. The van der Waals surface area contributed by atoms with Gasteiger partial charge in [0.05, 0.1) is 0 Å². The quantitative estimate of drug-likeness (QED) is 0.630. The molecule has 162 valence electrons. The second-order valence-electron chi connectivity index (χ2n) is 7.26. The summed E-state index contributed by atoms with van der Waals surface area (Å²) in [6, 6.07) is 9.79. The maximum Gasteiger partial charge on any atom is 0.224 e. The second kappa shape index (κ2) is 13.2. The first-order valence-corrected chi connectivity index (χ1v) is 10.1. The van der Waals surface area contributed by atoms with E-state index in [1.807, 2.05) is 35.2 Å². The van der Waals surface area contributed by atoms with Crippen molar-refractivity contribution in [3.8, 4) is 0 Å². The molecule has 29 heavy (non-hydrogen) atoms. The average Bonchev–Trinajstić information content (AvgIpc) is 2.70. The Morgan fingerprint density at radius 1 is 1.17 bits per heavy atom. The highest BCUT2D eigenvalue weighted by atomic mass is 35.5. The molecule has 1 unspecified atom stereocenters. The number of piperidine rings is 1. The molecule has 1 heterocycles. The van der Waals surface area contributed by atoms with Crippen LogP contribution in [0.2, 0.25) is 0 Å². The molecule has 0 aliphatic carbocycles. The largest absolute Gasteiger partial charge is 0.354 e. The average molecular weight is 425 g/mol. The Morgan fingerprint density at radius 3 is 2.55 bits per heavy atom. The third kappa shape index (κ3) is 8.41. The summed E-state index contributed by atoms with van der Waals surface area (Å²) in [7, 11) is 0. The van der Waals surface area contributed by atoms with Crippen LogP contribution in [0, 0.1) is 0 Å². The molecule has 0 radical (unpaired) electrons. The van der Waals surface area contributed by atoms with Gasteiger partial charge in [0.1, 0.15) is 0 Å². The Kier molecular flexibility index (Phi) is 11.3. The van der Waals surface area contributed by atoms with Crippen molar-refractivity contribution in [2.75, 3.05) is 26.2 Å². The first-order chi connectivity index (χ1) is 13.5. The zero-order valence-corrected chi connectivity index (χ0v) is 18.0. The minimum absolute atomic E-state index is 0. The molecular weight excluding hydrogens is 392 g/mol. The number of likely N-dealkylation sites (tertiary alicyclic amines) is 1. The normalized spacial score (nSPS) is 15.9. The molecule has 3 amide bonds. The Morgan fingerprint density at radius 2 is 1.90 bits per heavy atom. The predicted octanol–water partition coefficient (Wildman–Crippen LogP) is 1.69. The van der Waals surface area contributed by atoms with Crippen molar-refractivity contribution in [1.82, 2.24) is 15.1 Å². The monoisotopic (exact) mass is 424 g/mol. The van der Waals surface area contributed by atoms with Gasteiger partial charge in [0.25, 0.3) is 0 Å². The number of rotatable bonds is 9. The van der Waals surface area contributed by atoms with Gasteiger partial charge >= 0.3 is 0 Å². The van der Waals surface area contributed by atoms with Gasteiger partial charge in [-0.2, -0.15) is 0 Å². The molecule has 0 saturated carbocycles. The smallest absolute Gasteiger partial charge is 0.224 e. The van der Waals surface area contributed by atoms with Crippen molar-refractivity contribution in [1.29, 1.82) is 0 Å². The summed E-state index contributed by atoms with van der Waals surface area (Å²) in [5.41, 5.74) is 6.45. The van der Waals surface area contributed by atoms with Gasteiger partial charge in [-0.25, -0.2) is 0 Å². The molecule has 0 bridgehead atoms. The summed E-state index contributed by atoms with van der Waals surface area (Å²) in [4.78, 5) is 40.1. The topological polar surface area (TPSA) is 95.7 Å². The second-order valence-corrected chi connectivity index (χ2v) is 7.26. The number of nitrogens with zero attached hydrogens (tertiary/aromatic N) is 2. The first kappa shape index (κ1) is 24.9. The van der Waals surface area contributed by atoms with Gasteiger partial charge in [-0.05, 0) is 24.8 Å². The molecule has 2 rings (SSSR count). The molecule has 1 fully saturated rings. The van der Waals surface area contributed by atoms with Crippen molar-refractivity contribution in [3.05, 3.63) is 35.9 Å². The highest BCUT2D eigenvalue weighted by Gasteiger charge is 2.27. The van der Waals surface area contributed by atoms with Crippen molar-refractivity contribution in [2.24, 2.45) is 5.73 Å². The van der Waals surface area contributed by atoms with E-state index in [0.717, 1.165) is 24.8 Å². The van der Waals surface area contributed by atoms with Crippen molar-refractivity contribution >= 4 is 30.1 Å². The summed E-state index contributed by atoms with van der Waals surface area (Å²) in [6.45, 7) is 3.92. The molecule has 1 aliphatic rings. The molecule has 1 atom stereocenters. The SMILES string of the molecule is CC(=O)N(CCC(=O)N1CCCCC1CNC(=O)CCN)Cc1ccccc1.Cl. The fourth-order valence-corrected chi connectivity index (χ4v) is 3.52. The molecule has 3 N–H and O–H groups in total. The number of hydrogen-bond donors (Lipinski definition) is 2. The van der Waals surface area contributed by atoms with Crippen LogP contribution in [-0.4, -0.2) is 59.7 Å². The number of hydrogen-bond acceptors (Lipinski definition) is 4. The number of amides is 3. The molecule has 0 spiro atoms. The van der Waals surface area contributed by atoms with E-state index in [1.54, 1.807) is 4.90 Å².